The maximum absolute atomic E-state index is 12.4. The third kappa shape index (κ3) is 6.36. The Labute approximate surface area is 170 Å². The molecule has 0 bridgehead atoms. The van der Waals surface area contributed by atoms with E-state index in [4.69, 9.17) is 17.3 Å². The zero-order valence-electron chi connectivity index (χ0n) is 15.8. The van der Waals surface area contributed by atoms with Crippen molar-refractivity contribution < 1.29 is 14.7 Å². The highest BCUT2D eigenvalue weighted by atomic mass is 32.2. The van der Waals surface area contributed by atoms with Crippen LogP contribution in [0.1, 0.15) is 44.6 Å². The molecule has 1 N–H and O–H groups in total. The van der Waals surface area contributed by atoms with E-state index in [1.165, 1.54) is 42.3 Å². The van der Waals surface area contributed by atoms with Crippen molar-refractivity contribution in [3.05, 3.63) is 34.7 Å². The van der Waals surface area contributed by atoms with Gasteiger partial charge in [0.2, 0.25) is 0 Å². The van der Waals surface area contributed by atoms with Gasteiger partial charge in [-0.2, -0.15) is 0 Å². The van der Waals surface area contributed by atoms with Crippen LogP contribution in [0.4, 0.5) is 5.69 Å². The highest BCUT2D eigenvalue weighted by Gasteiger charge is 2.31. The number of carbonyl (C=O) groups excluding carboxylic acids is 1. The predicted molar refractivity (Wildman–Crippen MR) is 116 cm³/mol. The zero-order chi connectivity index (χ0) is 19.8. The second kappa shape index (κ2) is 10.5. The number of hydrogen-bond donors (Lipinski definition) is 1. The van der Waals surface area contributed by atoms with Crippen molar-refractivity contribution in [1.82, 2.24) is 4.90 Å². The molecule has 0 atom stereocenters. The number of rotatable bonds is 10. The molecule has 0 radical (unpaired) electrons. The van der Waals surface area contributed by atoms with E-state index in [1.807, 2.05) is 18.2 Å². The summed E-state index contributed by atoms with van der Waals surface area (Å²) in [6.07, 6.45) is 6.65. The lowest BCUT2D eigenvalue weighted by Crippen LogP contribution is -2.30. The van der Waals surface area contributed by atoms with Crippen LogP contribution in [0, 0.1) is 0 Å². The Morgan fingerprint density at radius 1 is 1.26 bits per heavy atom. The number of anilines is 1. The molecule has 1 fully saturated rings. The van der Waals surface area contributed by atoms with E-state index in [0.29, 0.717) is 9.23 Å². The smallest absolute Gasteiger partial charge is 0.305 e. The van der Waals surface area contributed by atoms with Crippen molar-refractivity contribution in [3.8, 4) is 0 Å². The molecule has 1 aromatic rings. The molecule has 1 aliphatic heterocycles. The lowest BCUT2D eigenvalue weighted by molar-refractivity contribution is -0.137. The maximum Gasteiger partial charge on any atom is 0.305 e. The molecule has 1 heterocycles. The summed E-state index contributed by atoms with van der Waals surface area (Å²) in [5, 5.41) is 8.79. The van der Waals surface area contributed by atoms with Crippen molar-refractivity contribution in [2.24, 2.45) is 0 Å². The summed E-state index contributed by atoms with van der Waals surface area (Å²) < 4.78 is 0.413. The minimum Gasteiger partial charge on any atom is -0.481 e. The minimum absolute atomic E-state index is 0.110. The fraction of sp³-hybridized carbons (Fsp3) is 0.450. The Morgan fingerprint density at radius 3 is 2.59 bits per heavy atom. The number of thioether (sulfide) groups is 1. The van der Waals surface area contributed by atoms with E-state index in [-0.39, 0.29) is 18.9 Å². The first-order valence-electron chi connectivity index (χ1n) is 9.20. The first kappa shape index (κ1) is 21.4. The normalized spacial score (nSPS) is 15.6. The largest absolute Gasteiger partial charge is 0.481 e. The molecule has 2 rings (SSSR count). The fourth-order valence-electron chi connectivity index (χ4n) is 2.78. The van der Waals surface area contributed by atoms with Crippen LogP contribution in [-0.2, 0) is 9.59 Å². The Hall–Kier alpha value is -1.86. The average Bonchev–Trinajstić information content (AvgIpc) is 2.90. The number of benzene rings is 1. The molecule has 0 aliphatic carbocycles. The molecule has 1 amide bonds. The highest BCUT2D eigenvalue weighted by molar-refractivity contribution is 8.26. The number of aliphatic carboxylic acids is 1. The molecule has 27 heavy (non-hydrogen) atoms. The molecular formula is C20H26N2O3S2. The summed E-state index contributed by atoms with van der Waals surface area (Å²) in [6, 6.07) is 8.08. The zero-order valence-corrected chi connectivity index (χ0v) is 17.4. The molecule has 7 heteroatoms. The summed E-state index contributed by atoms with van der Waals surface area (Å²) in [5.41, 5.74) is 2.08. The first-order chi connectivity index (χ1) is 12.9. The average molecular weight is 407 g/mol. The number of carboxylic acid groups (broad SMARTS) is 1. The van der Waals surface area contributed by atoms with E-state index in [1.54, 1.807) is 0 Å². The second-order valence-corrected chi connectivity index (χ2v) is 8.23. The Bertz CT molecular complexity index is 716. The van der Waals surface area contributed by atoms with E-state index in [2.05, 4.69) is 31.0 Å². The van der Waals surface area contributed by atoms with Crippen LogP contribution in [0.5, 0.6) is 0 Å². The van der Waals surface area contributed by atoms with E-state index in [9.17, 15) is 9.59 Å². The molecule has 0 unspecified atom stereocenters. The van der Waals surface area contributed by atoms with Gasteiger partial charge in [0.25, 0.3) is 5.91 Å². The van der Waals surface area contributed by atoms with Gasteiger partial charge >= 0.3 is 5.97 Å². The quantitative estimate of drug-likeness (QED) is 0.353. The van der Waals surface area contributed by atoms with Gasteiger partial charge < -0.3 is 10.0 Å². The third-order valence-corrected chi connectivity index (χ3v) is 5.78. The Morgan fingerprint density at radius 2 is 1.96 bits per heavy atom. The van der Waals surface area contributed by atoms with Crippen LogP contribution in [0.15, 0.2) is 29.2 Å². The Balaban J connectivity index is 1.97. The lowest BCUT2D eigenvalue weighted by atomic mass is 10.1. The van der Waals surface area contributed by atoms with Gasteiger partial charge in [-0.05, 0) is 30.2 Å². The summed E-state index contributed by atoms with van der Waals surface area (Å²) in [6.45, 7) is 3.35. The molecule has 5 nitrogen and oxygen atoms in total. The van der Waals surface area contributed by atoms with Crippen LogP contribution >= 0.6 is 24.0 Å². The number of carboxylic acids is 1. The second-order valence-electron chi connectivity index (χ2n) is 6.55. The summed E-state index contributed by atoms with van der Waals surface area (Å²) in [7, 11) is 2.09. The predicted octanol–water partition coefficient (Wildman–Crippen LogP) is 4.38. The lowest BCUT2D eigenvalue weighted by Gasteiger charge is -2.19. The monoisotopic (exact) mass is 406 g/mol. The molecule has 1 saturated heterocycles. The molecule has 0 spiro atoms. The van der Waals surface area contributed by atoms with E-state index in [0.717, 1.165) is 17.8 Å². The molecule has 146 valence electrons. The van der Waals surface area contributed by atoms with Gasteiger partial charge in [0.15, 0.2) is 0 Å². The van der Waals surface area contributed by atoms with Crippen LogP contribution in [0.3, 0.4) is 0 Å². The van der Waals surface area contributed by atoms with Gasteiger partial charge in [-0.3, -0.25) is 14.5 Å². The highest BCUT2D eigenvalue weighted by Crippen LogP contribution is 2.32. The van der Waals surface area contributed by atoms with Gasteiger partial charge in [-0.15, -0.1) is 0 Å². The van der Waals surface area contributed by atoms with Crippen molar-refractivity contribution in [3.63, 3.8) is 0 Å². The van der Waals surface area contributed by atoms with Crippen molar-refractivity contribution in [2.45, 2.75) is 39.0 Å². The standard InChI is InChI=1S/C20H26N2O3S2/c1-3-4-5-6-12-21(2)16-9-7-15(8-10-16)14-17-19(25)22(20(26)27-17)13-11-18(23)24/h7-10,14H,3-6,11-13H2,1-2H3,(H,23,24)/b17-14-. The molecule has 0 aromatic heterocycles. The summed E-state index contributed by atoms with van der Waals surface area (Å²) in [4.78, 5) is 27.3. The van der Waals surface area contributed by atoms with Gasteiger partial charge in [0.1, 0.15) is 4.32 Å². The number of carbonyl (C=O) groups is 2. The van der Waals surface area contributed by atoms with Crippen LogP contribution in [0.25, 0.3) is 6.08 Å². The van der Waals surface area contributed by atoms with Crippen molar-refractivity contribution in [2.75, 3.05) is 25.0 Å². The maximum atomic E-state index is 12.4. The van der Waals surface area contributed by atoms with Crippen molar-refractivity contribution >= 4 is 51.9 Å². The summed E-state index contributed by atoms with van der Waals surface area (Å²) >= 11 is 6.42. The number of unbranched alkanes of at least 4 members (excludes halogenated alkanes) is 3. The Kier molecular flexibility index (Phi) is 8.31. The van der Waals surface area contributed by atoms with E-state index >= 15 is 0 Å². The number of amides is 1. The number of thiocarbonyl (C=S) groups is 1. The molecule has 0 saturated carbocycles. The van der Waals surface area contributed by atoms with Crippen molar-refractivity contribution in [1.29, 1.82) is 0 Å². The first-order valence-corrected chi connectivity index (χ1v) is 10.4. The fourth-order valence-corrected chi connectivity index (χ4v) is 4.09. The topological polar surface area (TPSA) is 60.9 Å². The summed E-state index contributed by atoms with van der Waals surface area (Å²) in [5.74, 6) is -1.16. The van der Waals surface area contributed by atoms with Gasteiger partial charge in [0.05, 0.1) is 11.3 Å². The van der Waals surface area contributed by atoms with Gasteiger partial charge in [-0.1, -0.05) is 62.3 Å². The third-order valence-electron chi connectivity index (χ3n) is 4.40. The SMILES string of the molecule is CCCCCCN(C)c1ccc(/C=C2\SC(=S)N(CCC(=O)O)C2=O)cc1. The van der Waals surface area contributed by atoms with Crippen LogP contribution in [-0.4, -0.2) is 46.3 Å². The number of hydrogen-bond acceptors (Lipinski definition) is 5. The molecule has 1 aromatic carbocycles. The van der Waals surface area contributed by atoms with Gasteiger partial charge in [-0.25, -0.2) is 0 Å². The number of nitrogens with zero attached hydrogens (tertiary/aromatic N) is 2. The van der Waals surface area contributed by atoms with Gasteiger partial charge in [0, 0.05) is 25.8 Å². The van der Waals surface area contributed by atoms with Crippen LogP contribution < -0.4 is 4.90 Å². The molecule has 1 aliphatic rings. The molecular weight excluding hydrogens is 380 g/mol. The van der Waals surface area contributed by atoms with E-state index < -0.39 is 5.97 Å². The minimum atomic E-state index is -0.942. The van der Waals surface area contributed by atoms with Crippen LogP contribution in [0.2, 0.25) is 0 Å².